The fourth-order valence-corrected chi connectivity index (χ4v) is 4.60. The first-order chi connectivity index (χ1) is 14.8. The third-order valence-electron chi connectivity index (χ3n) is 5.99. The molecule has 3 heterocycles. The zero-order valence-electron chi connectivity index (χ0n) is 17.4. The summed E-state index contributed by atoms with van der Waals surface area (Å²) in [6.07, 6.45) is 0.629. The number of aromatic nitrogens is 2. The van der Waals surface area contributed by atoms with Crippen LogP contribution >= 0.6 is 15.9 Å². The van der Waals surface area contributed by atoms with E-state index in [9.17, 15) is 19.1 Å². The zero-order valence-corrected chi connectivity index (χ0v) is 19.0. The number of benzene rings is 1. The van der Waals surface area contributed by atoms with E-state index in [-0.39, 0.29) is 28.9 Å². The molecule has 2 atom stereocenters. The van der Waals surface area contributed by atoms with Crippen LogP contribution in [0.1, 0.15) is 35.1 Å². The molecule has 0 spiro atoms. The molecule has 166 valence electrons. The van der Waals surface area contributed by atoms with Gasteiger partial charge in [-0.05, 0) is 40.5 Å². The Morgan fingerprint density at radius 3 is 2.90 bits per heavy atom. The molecule has 0 saturated carbocycles. The van der Waals surface area contributed by atoms with Crippen LogP contribution in [0.25, 0.3) is 0 Å². The van der Waals surface area contributed by atoms with Crippen LogP contribution < -0.4 is 5.32 Å². The van der Waals surface area contributed by atoms with E-state index in [0.29, 0.717) is 43.9 Å². The topological polar surface area (TPSA) is 90.7 Å². The van der Waals surface area contributed by atoms with Crippen molar-refractivity contribution in [1.82, 2.24) is 19.6 Å². The summed E-state index contributed by atoms with van der Waals surface area (Å²) in [6.45, 7) is 3.56. The number of urea groups is 1. The number of rotatable bonds is 3. The lowest BCUT2D eigenvalue weighted by atomic mass is 10.0. The minimum atomic E-state index is -0.514. The van der Waals surface area contributed by atoms with Crippen LogP contribution in [0.4, 0.5) is 14.9 Å². The first kappa shape index (κ1) is 21.8. The molecule has 2 aliphatic heterocycles. The van der Waals surface area contributed by atoms with E-state index in [1.165, 1.54) is 18.2 Å². The molecule has 4 rings (SSSR count). The number of hydrogen-bond donors (Lipinski definition) is 2. The number of amides is 3. The molecule has 0 aliphatic carbocycles. The Labute approximate surface area is 188 Å². The Bertz CT molecular complexity index is 1030. The van der Waals surface area contributed by atoms with Gasteiger partial charge in [-0.25, -0.2) is 9.18 Å². The molecule has 2 aromatic rings. The molecule has 1 aromatic carbocycles. The molecule has 3 amide bonds. The number of anilines is 1. The van der Waals surface area contributed by atoms with Crippen molar-refractivity contribution >= 4 is 33.6 Å². The van der Waals surface area contributed by atoms with Gasteiger partial charge in [-0.2, -0.15) is 5.10 Å². The van der Waals surface area contributed by atoms with Crippen LogP contribution in [-0.4, -0.2) is 62.9 Å². The number of carbonyl (C=O) groups is 2. The van der Waals surface area contributed by atoms with Gasteiger partial charge in [-0.15, -0.1) is 0 Å². The lowest BCUT2D eigenvalue weighted by molar-refractivity contribution is 0.0626. The van der Waals surface area contributed by atoms with Crippen LogP contribution in [0.3, 0.4) is 0 Å². The third-order valence-corrected chi connectivity index (χ3v) is 6.59. The Morgan fingerprint density at radius 2 is 2.19 bits per heavy atom. The monoisotopic (exact) mass is 493 g/mol. The minimum absolute atomic E-state index is 0.0992. The van der Waals surface area contributed by atoms with E-state index in [1.54, 1.807) is 21.5 Å². The summed E-state index contributed by atoms with van der Waals surface area (Å²) in [5.41, 5.74) is 2.54. The van der Waals surface area contributed by atoms with E-state index in [4.69, 9.17) is 0 Å². The van der Waals surface area contributed by atoms with Gasteiger partial charge in [-0.1, -0.05) is 6.92 Å². The third kappa shape index (κ3) is 4.18. The standard InChI is InChI=1S/C21H25BrFN5O3/c1-3-18(29)12-9-26(2)20(30)19-14-11-27(7-6-17(14)25-28(19)10-12)21(31)24-13-4-5-16(23)15(22)8-13/h4-5,8,12,18,29H,3,6-7,9-11H2,1-2H3,(H,24,31)/t12-,18?/m0/s1. The summed E-state index contributed by atoms with van der Waals surface area (Å²) in [5, 5.41) is 17.8. The zero-order chi connectivity index (χ0) is 22.3. The number of hydrogen-bond acceptors (Lipinski definition) is 4. The highest BCUT2D eigenvalue weighted by Crippen LogP contribution is 2.28. The maximum absolute atomic E-state index is 13.5. The number of aliphatic hydroxyl groups is 1. The van der Waals surface area contributed by atoms with Gasteiger partial charge in [-0.3, -0.25) is 9.48 Å². The average Bonchev–Trinajstić information content (AvgIpc) is 3.05. The molecule has 8 nitrogen and oxygen atoms in total. The van der Waals surface area contributed by atoms with Crippen LogP contribution in [0.2, 0.25) is 0 Å². The van der Waals surface area contributed by atoms with Crippen molar-refractivity contribution in [2.75, 3.05) is 25.5 Å². The van der Waals surface area contributed by atoms with E-state index < -0.39 is 11.9 Å². The molecule has 1 aromatic heterocycles. The van der Waals surface area contributed by atoms with Crippen LogP contribution in [0.5, 0.6) is 0 Å². The molecule has 2 N–H and O–H groups in total. The van der Waals surface area contributed by atoms with Gasteiger partial charge in [0.2, 0.25) is 0 Å². The Hall–Kier alpha value is -2.46. The van der Waals surface area contributed by atoms with Crippen LogP contribution in [0.15, 0.2) is 22.7 Å². The molecule has 10 heteroatoms. The van der Waals surface area contributed by atoms with Crippen LogP contribution in [-0.2, 0) is 19.5 Å². The van der Waals surface area contributed by atoms with Gasteiger partial charge < -0.3 is 20.2 Å². The summed E-state index contributed by atoms with van der Waals surface area (Å²) < 4.78 is 15.4. The first-order valence-corrected chi connectivity index (χ1v) is 11.1. The smallest absolute Gasteiger partial charge is 0.322 e. The summed E-state index contributed by atoms with van der Waals surface area (Å²) in [6, 6.07) is 3.96. The largest absolute Gasteiger partial charge is 0.393 e. The van der Waals surface area contributed by atoms with Gasteiger partial charge >= 0.3 is 6.03 Å². The second-order valence-corrected chi connectivity index (χ2v) is 8.96. The molecule has 0 bridgehead atoms. The van der Waals surface area contributed by atoms with Crippen molar-refractivity contribution in [3.8, 4) is 0 Å². The number of halogens is 2. The fourth-order valence-electron chi connectivity index (χ4n) is 4.22. The number of nitrogens with one attached hydrogen (secondary N) is 1. The molecular weight excluding hydrogens is 469 g/mol. The Kier molecular flexibility index (Phi) is 6.02. The SMILES string of the molecule is CCC(O)[C@H]1CN(C)C(=O)c2c3c(nn2C1)CCN(C(=O)Nc1ccc(F)c(Br)c1)C3. The average molecular weight is 494 g/mol. The van der Waals surface area contributed by atoms with Crippen molar-refractivity contribution in [2.45, 2.75) is 39.0 Å². The summed E-state index contributed by atoms with van der Waals surface area (Å²) in [4.78, 5) is 29.1. The van der Waals surface area contributed by atoms with E-state index in [2.05, 4.69) is 26.3 Å². The number of carbonyl (C=O) groups excluding carboxylic acids is 2. The van der Waals surface area contributed by atoms with Crippen LogP contribution in [0, 0.1) is 11.7 Å². The molecule has 0 fully saturated rings. The second kappa shape index (κ2) is 8.58. The number of aliphatic hydroxyl groups excluding tert-OH is 1. The Morgan fingerprint density at radius 1 is 1.42 bits per heavy atom. The Balaban J connectivity index is 1.57. The highest BCUT2D eigenvalue weighted by molar-refractivity contribution is 9.10. The molecule has 2 aliphatic rings. The lowest BCUT2D eigenvalue weighted by Crippen LogP contribution is -2.40. The van der Waals surface area contributed by atoms with Crippen molar-refractivity contribution in [3.05, 3.63) is 45.4 Å². The van der Waals surface area contributed by atoms with Crippen molar-refractivity contribution in [3.63, 3.8) is 0 Å². The minimum Gasteiger partial charge on any atom is -0.393 e. The van der Waals surface area contributed by atoms with E-state index in [0.717, 1.165) is 11.3 Å². The van der Waals surface area contributed by atoms with Gasteiger partial charge in [0.1, 0.15) is 11.5 Å². The molecule has 31 heavy (non-hydrogen) atoms. The van der Waals surface area contributed by atoms with Gasteiger partial charge in [0.05, 0.1) is 22.8 Å². The quantitative estimate of drug-likeness (QED) is 0.687. The maximum atomic E-state index is 13.5. The van der Waals surface area contributed by atoms with Crippen molar-refractivity contribution in [1.29, 1.82) is 0 Å². The predicted molar refractivity (Wildman–Crippen MR) is 116 cm³/mol. The number of fused-ring (bicyclic) bond motifs is 3. The van der Waals surface area contributed by atoms with Crippen molar-refractivity contribution in [2.24, 2.45) is 5.92 Å². The highest BCUT2D eigenvalue weighted by atomic mass is 79.9. The molecule has 0 saturated heterocycles. The number of nitrogens with zero attached hydrogens (tertiary/aromatic N) is 4. The summed E-state index contributed by atoms with van der Waals surface area (Å²) in [5.74, 6) is -0.653. The fraction of sp³-hybridized carbons (Fsp3) is 0.476. The first-order valence-electron chi connectivity index (χ1n) is 10.3. The van der Waals surface area contributed by atoms with E-state index in [1.807, 2.05) is 6.92 Å². The molecule has 1 unspecified atom stereocenters. The van der Waals surface area contributed by atoms with Gasteiger partial charge in [0.25, 0.3) is 5.91 Å². The second-order valence-electron chi connectivity index (χ2n) is 8.11. The van der Waals surface area contributed by atoms with Gasteiger partial charge in [0, 0.05) is 50.3 Å². The lowest BCUT2D eigenvalue weighted by Gasteiger charge is -2.27. The van der Waals surface area contributed by atoms with Gasteiger partial charge in [0.15, 0.2) is 0 Å². The summed E-state index contributed by atoms with van der Waals surface area (Å²) in [7, 11) is 1.73. The van der Waals surface area contributed by atoms with E-state index >= 15 is 0 Å². The maximum Gasteiger partial charge on any atom is 0.322 e. The van der Waals surface area contributed by atoms with Crippen molar-refractivity contribution < 1.29 is 19.1 Å². The summed E-state index contributed by atoms with van der Waals surface area (Å²) >= 11 is 3.12. The normalized spacial score (nSPS) is 19.5. The predicted octanol–water partition coefficient (Wildman–Crippen LogP) is 2.85. The molecule has 0 radical (unpaired) electrons. The highest BCUT2D eigenvalue weighted by Gasteiger charge is 2.36. The molecular formula is C21H25BrFN5O3.